The van der Waals surface area contributed by atoms with Crippen LogP contribution in [0.5, 0.6) is 0 Å². The topological polar surface area (TPSA) is 92.3 Å². The average Bonchev–Trinajstić information content (AvgIpc) is 2.63. The molecule has 0 atom stereocenters. The number of hydrogen-bond donors (Lipinski definition) is 1. The third kappa shape index (κ3) is 4.12. The molecule has 0 saturated heterocycles. The van der Waals surface area contributed by atoms with Crippen LogP contribution in [-0.2, 0) is 14.6 Å². The Bertz CT molecular complexity index is 1160. The van der Waals surface area contributed by atoms with Crippen molar-refractivity contribution >= 4 is 38.2 Å². The van der Waals surface area contributed by atoms with E-state index in [1.165, 1.54) is 12.4 Å². The van der Waals surface area contributed by atoms with E-state index in [-0.39, 0.29) is 17.3 Å². The summed E-state index contributed by atoms with van der Waals surface area (Å²) in [7, 11) is -1.63. The Hall–Kier alpha value is -3.00. The number of aryl methyl sites for hydroxylation is 1. The van der Waals surface area contributed by atoms with Gasteiger partial charge in [0.25, 0.3) is 0 Å². The van der Waals surface area contributed by atoms with E-state index in [0.717, 1.165) is 23.1 Å². The minimum atomic E-state index is -3.36. The van der Waals surface area contributed by atoms with Gasteiger partial charge in [-0.05, 0) is 49.2 Å². The Morgan fingerprint density at radius 1 is 1.14 bits per heavy atom. The SMILES string of the molecule is Cc1cccc(NC(=O)CN(C)c2ncnc3ccc(S(C)(=O)=O)cc23)c1C. The highest BCUT2D eigenvalue weighted by molar-refractivity contribution is 7.90. The van der Waals surface area contributed by atoms with Gasteiger partial charge in [0.1, 0.15) is 12.1 Å². The minimum Gasteiger partial charge on any atom is -0.350 e. The average molecular weight is 398 g/mol. The van der Waals surface area contributed by atoms with Crippen LogP contribution in [0.15, 0.2) is 47.6 Å². The van der Waals surface area contributed by atoms with Crippen LogP contribution in [0.3, 0.4) is 0 Å². The van der Waals surface area contributed by atoms with E-state index < -0.39 is 9.84 Å². The van der Waals surface area contributed by atoms with Crippen LogP contribution in [0, 0.1) is 13.8 Å². The van der Waals surface area contributed by atoms with Gasteiger partial charge < -0.3 is 10.2 Å². The molecule has 1 amide bonds. The summed E-state index contributed by atoms with van der Waals surface area (Å²) in [6.45, 7) is 4.01. The smallest absolute Gasteiger partial charge is 0.243 e. The molecule has 8 heteroatoms. The molecule has 28 heavy (non-hydrogen) atoms. The van der Waals surface area contributed by atoms with E-state index >= 15 is 0 Å². The molecule has 2 aromatic carbocycles. The van der Waals surface area contributed by atoms with Crippen LogP contribution in [0.2, 0.25) is 0 Å². The number of amides is 1. The quantitative estimate of drug-likeness (QED) is 0.710. The van der Waals surface area contributed by atoms with E-state index in [1.54, 1.807) is 24.1 Å². The van der Waals surface area contributed by atoms with Gasteiger partial charge in [0, 0.05) is 24.4 Å². The molecule has 0 spiro atoms. The number of carbonyl (C=O) groups excluding carboxylic acids is 1. The highest BCUT2D eigenvalue weighted by Gasteiger charge is 2.16. The second-order valence-electron chi connectivity index (χ2n) is 6.80. The molecule has 7 nitrogen and oxygen atoms in total. The van der Waals surface area contributed by atoms with Crippen molar-refractivity contribution in [2.45, 2.75) is 18.7 Å². The van der Waals surface area contributed by atoms with E-state index in [9.17, 15) is 13.2 Å². The third-order valence-corrected chi connectivity index (χ3v) is 5.75. The van der Waals surface area contributed by atoms with Gasteiger partial charge in [-0.2, -0.15) is 0 Å². The molecule has 0 aliphatic heterocycles. The number of benzene rings is 2. The van der Waals surface area contributed by atoms with Gasteiger partial charge in [-0.3, -0.25) is 4.79 Å². The fraction of sp³-hybridized carbons (Fsp3) is 0.250. The van der Waals surface area contributed by atoms with Crippen molar-refractivity contribution in [3.05, 3.63) is 53.9 Å². The zero-order chi connectivity index (χ0) is 20.5. The summed E-state index contributed by atoms with van der Waals surface area (Å²) in [6, 6.07) is 10.4. The number of fused-ring (bicyclic) bond motifs is 1. The minimum absolute atomic E-state index is 0.0581. The predicted octanol–water partition coefficient (Wildman–Crippen LogP) is 2.73. The Labute approximate surface area is 164 Å². The Morgan fingerprint density at radius 3 is 2.61 bits per heavy atom. The molecule has 1 heterocycles. The second-order valence-corrected chi connectivity index (χ2v) is 8.82. The van der Waals surface area contributed by atoms with Crippen molar-refractivity contribution in [2.24, 2.45) is 0 Å². The predicted molar refractivity (Wildman–Crippen MR) is 110 cm³/mol. The lowest BCUT2D eigenvalue weighted by Crippen LogP contribution is -2.31. The zero-order valence-electron chi connectivity index (χ0n) is 16.2. The van der Waals surface area contributed by atoms with Crippen molar-refractivity contribution in [3.8, 4) is 0 Å². The number of hydrogen-bond acceptors (Lipinski definition) is 6. The Balaban J connectivity index is 1.87. The molecule has 0 saturated carbocycles. The molecular formula is C20H22N4O3S. The lowest BCUT2D eigenvalue weighted by Gasteiger charge is -2.20. The first-order chi connectivity index (χ1) is 13.2. The van der Waals surface area contributed by atoms with Gasteiger partial charge in [-0.15, -0.1) is 0 Å². The number of carbonyl (C=O) groups is 1. The molecule has 0 aliphatic rings. The maximum atomic E-state index is 12.5. The molecule has 3 aromatic rings. The fourth-order valence-electron chi connectivity index (χ4n) is 2.92. The maximum Gasteiger partial charge on any atom is 0.243 e. The molecule has 0 aliphatic carbocycles. The molecule has 0 radical (unpaired) electrons. The summed E-state index contributed by atoms with van der Waals surface area (Å²) in [5, 5.41) is 3.49. The number of rotatable bonds is 5. The Morgan fingerprint density at radius 2 is 1.89 bits per heavy atom. The molecule has 1 aromatic heterocycles. The Kier molecular flexibility index (Phi) is 5.33. The standard InChI is InChI=1S/C20H22N4O3S/c1-13-6-5-7-17(14(13)2)23-19(25)11-24(3)20-16-10-15(28(4,26)27)8-9-18(16)21-12-22-20/h5-10,12H,11H2,1-4H3,(H,23,25). The number of anilines is 2. The van der Waals surface area contributed by atoms with Gasteiger partial charge in [0.2, 0.25) is 5.91 Å². The fourth-order valence-corrected chi connectivity index (χ4v) is 3.57. The molecule has 146 valence electrons. The van der Waals surface area contributed by atoms with Crippen LogP contribution in [0.1, 0.15) is 11.1 Å². The van der Waals surface area contributed by atoms with E-state index in [2.05, 4.69) is 15.3 Å². The number of nitrogens with zero attached hydrogens (tertiary/aromatic N) is 3. The van der Waals surface area contributed by atoms with Gasteiger partial charge in [-0.25, -0.2) is 18.4 Å². The van der Waals surface area contributed by atoms with Crippen LogP contribution >= 0.6 is 0 Å². The monoisotopic (exact) mass is 398 g/mol. The van der Waals surface area contributed by atoms with Crippen molar-refractivity contribution in [1.82, 2.24) is 9.97 Å². The van der Waals surface area contributed by atoms with E-state index in [4.69, 9.17) is 0 Å². The largest absolute Gasteiger partial charge is 0.350 e. The van der Waals surface area contributed by atoms with Gasteiger partial charge in [0.15, 0.2) is 9.84 Å². The first kappa shape index (κ1) is 19.8. The summed E-state index contributed by atoms with van der Waals surface area (Å²) in [4.78, 5) is 22.8. The van der Waals surface area contributed by atoms with Crippen LogP contribution in [0.25, 0.3) is 10.9 Å². The molecular weight excluding hydrogens is 376 g/mol. The third-order valence-electron chi connectivity index (χ3n) is 4.63. The first-order valence-corrected chi connectivity index (χ1v) is 10.6. The van der Waals surface area contributed by atoms with Crippen molar-refractivity contribution in [3.63, 3.8) is 0 Å². The van der Waals surface area contributed by atoms with Gasteiger partial charge in [0.05, 0.1) is 17.0 Å². The molecule has 0 unspecified atom stereocenters. The van der Waals surface area contributed by atoms with Gasteiger partial charge in [-0.1, -0.05) is 12.1 Å². The highest BCUT2D eigenvalue weighted by Crippen LogP contribution is 2.25. The maximum absolute atomic E-state index is 12.5. The molecule has 1 N–H and O–H groups in total. The lowest BCUT2D eigenvalue weighted by atomic mass is 10.1. The molecule has 3 rings (SSSR count). The summed E-state index contributed by atoms with van der Waals surface area (Å²) in [5.74, 6) is 0.300. The summed E-state index contributed by atoms with van der Waals surface area (Å²) >= 11 is 0. The van der Waals surface area contributed by atoms with Crippen molar-refractivity contribution in [2.75, 3.05) is 30.1 Å². The summed E-state index contributed by atoms with van der Waals surface area (Å²) in [6.07, 6.45) is 2.55. The van der Waals surface area contributed by atoms with E-state index in [0.29, 0.717) is 16.7 Å². The normalized spacial score (nSPS) is 11.4. The highest BCUT2D eigenvalue weighted by atomic mass is 32.2. The number of nitrogens with one attached hydrogen (secondary N) is 1. The van der Waals surface area contributed by atoms with Crippen molar-refractivity contribution in [1.29, 1.82) is 0 Å². The second kappa shape index (κ2) is 7.55. The number of likely N-dealkylation sites (N-methyl/N-ethyl adjacent to an activating group) is 1. The first-order valence-electron chi connectivity index (χ1n) is 8.69. The van der Waals surface area contributed by atoms with E-state index in [1.807, 2.05) is 32.0 Å². The van der Waals surface area contributed by atoms with Gasteiger partial charge >= 0.3 is 0 Å². The van der Waals surface area contributed by atoms with Crippen LogP contribution in [-0.4, -0.2) is 44.1 Å². The molecule has 0 fully saturated rings. The zero-order valence-corrected chi connectivity index (χ0v) is 17.0. The van der Waals surface area contributed by atoms with Crippen LogP contribution < -0.4 is 10.2 Å². The lowest BCUT2D eigenvalue weighted by molar-refractivity contribution is -0.114. The van der Waals surface area contributed by atoms with Crippen molar-refractivity contribution < 1.29 is 13.2 Å². The molecule has 0 bridgehead atoms. The number of aromatic nitrogens is 2. The number of sulfone groups is 1. The summed E-state index contributed by atoms with van der Waals surface area (Å²) in [5.41, 5.74) is 3.49. The van der Waals surface area contributed by atoms with Crippen LogP contribution in [0.4, 0.5) is 11.5 Å². The summed E-state index contributed by atoms with van der Waals surface area (Å²) < 4.78 is 23.8.